The number of nitrogens with one attached hydrogen (secondary N) is 1. The van der Waals surface area contributed by atoms with Gasteiger partial charge in [-0.15, -0.1) is 0 Å². The highest BCUT2D eigenvalue weighted by Crippen LogP contribution is 2.44. The predicted molar refractivity (Wildman–Crippen MR) is 77.6 cm³/mol. The fourth-order valence-corrected chi connectivity index (χ4v) is 2.43. The van der Waals surface area contributed by atoms with Crippen molar-refractivity contribution in [2.24, 2.45) is 0 Å². The van der Waals surface area contributed by atoms with Gasteiger partial charge in [0.2, 0.25) is 5.88 Å². The molecule has 0 radical (unpaired) electrons. The Morgan fingerprint density at radius 1 is 1.38 bits per heavy atom. The summed E-state index contributed by atoms with van der Waals surface area (Å²) in [6.07, 6.45) is -1.46. The van der Waals surface area contributed by atoms with Crippen LogP contribution in [-0.4, -0.2) is 55.0 Å². The Labute approximate surface area is 136 Å². The molecule has 1 amide bonds. The third kappa shape index (κ3) is 4.57. The SMILES string of the molecule is O=C(NN1CCOCC1)c1cnc(OCC(F)(F)F)c(C2CC2)c1. The van der Waals surface area contributed by atoms with Crippen LogP contribution in [0.25, 0.3) is 0 Å². The first kappa shape index (κ1) is 17.0. The first-order valence-corrected chi connectivity index (χ1v) is 7.75. The number of morpholine rings is 1. The molecule has 1 aliphatic heterocycles. The summed E-state index contributed by atoms with van der Waals surface area (Å²) in [5.41, 5.74) is 3.62. The lowest BCUT2D eigenvalue weighted by Crippen LogP contribution is -2.48. The lowest BCUT2D eigenvalue weighted by atomic mass is 10.1. The minimum absolute atomic E-state index is 0.0438. The second-order valence-electron chi connectivity index (χ2n) is 5.84. The number of carbonyl (C=O) groups excluding carboxylic acids is 1. The molecule has 1 aromatic rings. The Bertz CT molecular complexity index is 599. The molecule has 0 aromatic carbocycles. The van der Waals surface area contributed by atoms with Gasteiger partial charge in [-0.05, 0) is 24.8 Å². The number of aromatic nitrogens is 1. The van der Waals surface area contributed by atoms with Crippen molar-refractivity contribution in [2.75, 3.05) is 32.9 Å². The van der Waals surface area contributed by atoms with E-state index in [1.807, 2.05) is 0 Å². The smallest absolute Gasteiger partial charge is 0.422 e. The van der Waals surface area contributed by atoms with Crippen molar-refractivity contribution in [3.63, 3.8) is 0 Å². The number of hydrazine groups is 1. The summed E-state index contributed by atoms with van der Waals surface area (Å²) in [5, 5.41) is 1.75. The quantitative estimate of drug-likeness (QED) is 0.883. The van der Waals surface area contributed by atoms with Crippen molar-refractivity contribution in [3.8, 4) is 5.88 Å². The van der Waals surface area contributed by atoms with Gasteiger partial charge in [0.25, 0.3) is 5.91 Å². The molecule has 2 heterocycles. The van der Waals surface area contributed by atoms with Gasteiger partial charge in [-0.3, -0.25) is 10.2 Å². The minimum Gasteiger partial charge on any atom is -0.468 e. The molecule has 6 nitrogen and oxygen atoms in total. The van der Waals surface area contributed by atoms with Crippen molar-refractivity contribution < 1.29 is 27.4 Å². The predicted octanol–water partition coefficient (Wildman–Crippen LogP) is 1.88. The van der Waals surface area contributed by atoms with Gasteiger partial charge < -0.3 is 9.47 Å². The normalized spacial score (nSPS) is 19.1. The van der Waals surface area contributed by atoms with E-state index in [2.05, 4.69) is 10.4 Å². The molecule has 1 aromatic heterocycles. The van der Waals surface area contributed by atoms with Gasteiger partial charge in [-0.1, -0.05) is 0 Å². The van der Waals surface area contributed by atoms with Crippen LogP contribution in [0.4, 0.5) is 13.2 Å². The average molecular weight is 345 g/mol. The first-order chi connectivity index (χ1) is 11.4. The number of rotatable bonds is 5. The van der Waals surface area contributed by atoms with Gasteiger partial charge in [0.05, 0.1) is 18.8 Å². The third-order valence-electron chi connectivity index (χ3n) is 3.80. The van der Waals surface area contributed by atoms with Gasteiger partial charge in [0.15, 0.2) is 6.61 Å². The van der Waals surface area contributed by atoms with Crippen LogP contribution >= 0.6 is 0 Å². The van der Waals surface area contributed by atoms with E-state index < -0.39 is 12.8 Å². The van der Waals surface area contributed by atoms with Crippen molar-refractivity contribution in [3.05, 3.63) is 23.4 Å². The number of amides is 1. The summed E-state index contributed by atoms with van der Waals surface area (Å²) in [5.74, 6) is -0.275. The Balaban J connectivity index is 1.70. The zero-order chi connectivity index (χ0) is 17.2. The number of nitrogens with zero attached hydrogens (tertiary/aromatic N) is 2. The zero-order valence-corrected chi connectivity index (χ0v) is 12.9. The molecular weight excluding hydrogens is 327 g/mol. The Kier molecular flexibility index (Phi) is 4.91. The molecule has 1 N–H and O–H groups in total. The summed E-state index contributed by atoms with van der Waals surface area (Å²) < 4.78 is 47.0. The lowest BCUT2D eigenvalue weighted by molar-refractivity contribution is -0.154. The van der Waals surface area contributed by atoms with Crippen molar-refractivity contribution in [2.45, 2.75) is 24.9 Å². The fraction of sp³-hybridized carbons (Fsp3) is 0.600. The Hall–Kier alpha value is -1.87. The highest BCUT2D eigenvalue weighted by molar-refractivity contribution is 5.93. The number of carbonyl (C=O) groups is 1. The molecule has 0 bridgehead atoms. The van der Waals surface area contributed by atoms with Crippen LogP contribution in [0.3, 0.4) is 0 Å². The fourth-order valence-electron chi connectivity index (χ4n) is 2.43. The van der Waals surface area contributed by atoms with E-state index in [1.54, 1.807) is 11.1 Å². The maximum atomic E-state index is 12.3. The zero-order valence-electron chi connectivity index (χ0n) is 12.9. The lowest BCUT2D eigenvalue weighted by Gasteiger charge is -2.27. The highest BCUT2D eigenvalue weighted by Gasteiger charge is 2.32. The van der Waals surface area contributed by atoms with Crippen LogP contribution in [-0.2, 0) is 4.74 Å². The Morgan fingerprint density at radius 3 is 2.71 bits per heavy atom. The number of halogens is 3. The van der Waals surface area contributed by atoms with E-state index in [0.29, 0.717) is 37.4 Å². The summed E-state index contributed by atoms with van der Waals surface area (Å²) in [6, 6.07) is 1.58. The van der Waals surface area contributed by atoms with Crippen LogP contribution in [0.1, 0.15) is 34.7 Å². The number of alkyl halides is 3. The molecule has 2 fully saturated rings. The molecule has 2 aliphatic rings. The first-order valence-electron chi connectivity index (χ1n) is 7.75. The second-order valence-corrected chi connectivity index (χ2v) is 5.84. The van der Waals surface area contributed by atoms with Gasteiger partial charge in [-0.25, -0.2) is 9.99 Å². The van der Waals surface area contributed by atoms with Crippen LogP contribution in [0.15, 0.2) is 12.3 Å². The highest BCUT2D eigenvalue weighted by atomic mass is 19.4. The monoisotopic (exact) mass is 345 g/mol. The van der Waals surface area contributed by atoms with E-state index in [9.17, 15) is 18.0 Å². The van der Waals surface area contributed by atoms with Crippen LogP contribution < -0.4 is 10.2 Å². The molecule has 1 saturated heterocycles. The maximum absolute atomic E-state index is 12.3. The van der Waals surface area contributed by atoms with E-state index in [4.69, 9.17) is 9.47 Å². The van der Waals surface area contributed by atoms with E-state index >= 15 is 0 Å². The maximum Gasteiger partial charge on any atom is 0.422 e. The molecule has 0 spiro atoms. The topological polar surface area (TPSA) is 63.7 Å². The summed E-state index contributed by atoms with van der Waals surface area (Å²) in [6.45, 7) is 0.855. The van der Waals surface area contributed by atoms with Gasteiger partial charge in [0, 0.05) is 24.8 Å². The largest absolute Gasteiger partial charge is 0.468 e. The number of hydrogen-bond acceptors (Lipinski definition) is 5. The summed E-state index contributed by atoms with van der Waals surface area (Å²) >= 11 is 0. The molecule has 1 saturated carbocycles. The van der Waals surface area contributed by atoms with Gasteiger partial charge in [-0.2, -0.15) is 13.2 Å². The van der Waals surface area contributed by atoms with E-state index in [-0.39, 0.29) is 17.7 Å². The van der Waals surface area contributed by atoms with Gasteiger partial charge >= 0.3 is 6.18 Å². The average Bonchev–Trinajstić information content (AvgIpc) is 3.38. The third-order valence-corrected chi connectivity index (χ3v) is 3.80. The number of hydrogen-bond donors (Lipinski definition) is 1. The molecule has 24 heavy (non-hydrogen) atoms. The molecule has 132 valence electrons. The molecule has 1 aliphatic carbocycles. The van der Waals surface area contributed by atoms with Crippen molar-refractivity contribution >= 4 is 5.91 Å². The van der Waals surface area contributed by atoms with Crippen LogP contribution in [0, 0.1) is 0 Å². The van der Waals surface area contributed by atoms with Gasteiger partial charge in [0.1, 0.15) is 0 Å². The molecule has 3 rings (SSSR count). The minimum atomic E-state index is -4.42. The molecular formula is C15H18F3N3O3. The number of ether oxygens (including phenoxy) is 2. The molecule has 9 heteroatoms. The standard InChI is InChI=1S/C15H18F3N3O3/c16-15(17,18)9-24-14-12(10-1-2-10)7-11(8-19-14)13(22)20-21-3-5-23-6-4-21/h7-8,10H,1-6,9H2,(H,20,22). The Morgan fingerprint density at radius 2 is 2.08 bits per heavy atom. The number of pyridine rings is 1. The van der Waals surface area contributed by atoms with Crippen LogP contribution in [0.2, 0.25) is 0 Å². The van der Waals surface area contributed by atoms with Crippen molar-refractivity contribution in [1.82, 2.24) is 15.4 Å². The summed E-state index contributed by atoms with van der Waals surface area (Å²) in [7, 11) is 0. The second kappa shape index (κ2) is 6.94. The van der Waals surface area contributed by atoms with Crippen LogP contribution in [0.5, 0.6) is 5.88 Å². The molecule has 0 unspecified atom stereocenters. The summed E-state index contributed by atoms with van der Waals surface area (Å²) in [4.78, 5) is 16.2. The van der Waals surface area contributed by atoms with E-state index in [0.717, 1.165) is 12.8 Å². The van der Waals surface area contributed by atoms with Crippen molar-refractivity contribution in [1.29, 1.82) is 0 Å². The molecule has 0 atom stereocenters. The van der Waals surface area contributed by atoms with E-state index in [1.165, 1.54) is 6.20 Å².